The minimum atomic E-state index is -3.49. The SMILES string of the molecule is O=S(=O)(NCCn1ccnc1)c1ccc(CCO)cc1. The van der Waals surface area contributed by atoms with Gasteiger partial charge in [0.2, 0.25) is 10.0 Å². The molecule has 0 atom stereocenters. The number of nitrogens with one attached hydrogen (secondary N) is 1. The molecule has 1 heterocycles. The number of aliphatic hydroxyl groups excluding tert-OH is 1. The van der Waals surface area contributed by atoms with Crippen LogP contribution in [-0.2, 0) is 23.0 Å². The topological polar surface area (TPSA) is 84.2 Å². The van der Waals surface area contributed by atoms with E-state index in [-0.39, 0.29) is 11.5 Å². The number of aromatic nitrogens is 2. The Morgan fingerprint density at radius 1 is 1.25 bits per heavy atom. The number of benzene rings is 1. The lowest BCUT2D eigenvalue weighted by molar-refractivity contribution is 0.299. The summed E-state index contributed by atoms with van der Waals surface area (Å²) in [5.41, 5.74) is 0.907. The lowest BCUT2D eigenvalue weighted by Gasteiger charge is -2.08. The van der Waals surface area contributed by atoms with Gasteiger partial charge < -0.3 is 9.67 Å². The summed E-state index contributed by atoms with van der Waals surface area (Å²) in [7, 11) is -3.49. The van der Waals surface area contributed by atoms with Crippen molar-refractivity contribution in [3.8, 4) is 0 Å². The number of hydrogen-bond donors (Lipinski definition) is 2. The van der Waals surface area contributed by atoms with Crippen LogP contribution < -0.4 is 4.72 Å². The smallest absolute Gasteiger partial charge is 0.240 e. The molecule has 0 saturated carbocycles. The highest BCUT2D eigenvalue weighted by atomic mass is 32.2. The number of hydrogen-bond acceptors (Lipinski definition) is 4. The summed E-state index contributed by atoms with van der Waals surface area (Å²) < 4.78 is 28.4. The molecular formula is C13H17N3O3S. The second-order valence-electron chi connectivity index (χ2n) is 4.32. The molecule has 108 valence electrons. The zero-order valence-electron chi connectivity index (χ0n) is 10.9. The van der Waals surface area contributed by atoms with Crippen LogP contribution in [0.25, 0.3) is 0 Å². The molecule has 1 aromatic carbocycles. The molecule has 0 fully saturated rings. The van der Waals surface area contributed by atoms with Crippen LogP contribution in [0.5, 0.6) is 0 Å². The largest absolute Gasteiger partial charge is 0.396 e. The van der Waals surface area contributed by atoms with Crippen molar-refractivity contribution in [3.05, 3.63) is 48.5 Å². The van der Waals surface area contributed by atoms with E-state index in [9.17, 15) is 8.42 Å². The molecule has 6 nitrogen and oxygen atoms in total. The second-order valence-corrected chi connectivity index (χ2v) is 6.08. The molecule has 0 aliphatic rings. The lowest BCUT2D eigenvalue weighted by atomic mass is 10.2. The monoisotopic (exact) mass is 295 g/mol. The Kier molecular flexibility index (Phi) is 4.89. The van der Waals surface area contributed by atoms with Crippen molar-refractivity contribution in [2.45, 2.75) is 17.9 Å². The quantitative estimate of drug-likeness (QED) is 0.774. The lowest BCUT2D eigenvalue weighted by Crippen LogP contribution is -2.27. The van der Waals surface area contributed by atoms with E-state index in [0.717, 1.165) is 5.56 Å². The normalized spacial score (nSPS) is 11.7. The van der Waals surface area contributed by atoms with Crippen LogP contribution in [0, 0.1) is 0 Å². The molecule has 1 aromatic heterocycles. The van der Waals surface area contributed by atoms with E-state index in [1.807, 2.05) is 0 Å². The van der Waals surface area contributed by atoms with Gasteiger partial charge in [0.25, 0.3) is 0 Å². The molecule has 2 N–H and O–H groups in total. The standard InChI is InChI=1S/C13H17N3O3S/c17-10-5-12-1-3-13(4-2-12)20(18,19)15-7-9-16-8-6-14-11-16/h1-4,6,8,11,15,17H,5,7,9-10H2. The van der Waals surface area contributed by atoms with Crippen LogP contribution in [0.2, 0.25) is 0 Å². The third-order valence-electron chi connectivity index (χ3n) is 2.86. The van der Waals surface area contributed by atoms with Gasteiger partial charge in [-0.1, -0.05) is 12.1 Å². The van der Waals surface area contributed by atoms with E-state index in [1.165, 1.54) is 0 Å². The number of nitrogens with zero attached hydrogens (tertiary/aromatic N) is 2. The average Bonchev–Trinajstić information content (AvgIpc) is 2.93. The molecule has 0 aliphatic heterocycles. The first-order valence-electron chi connectivity index (χ1n) is 6.27. The Labute approximate surface area is 118 Å². The fourth-order valence-corrected chi connectivity index (χ4v) is 2.80. The highest BCUT2D eigenvalue weighted by molar-refractivity contribution is 7.89. The molecule has 0 aliphatic carbocycles. The molecule has 0 spiro atoms. The van der Waals surface area contributed by atoms with E-state index in [0.29, 0.717) is 19.5 Å². The minimum absolute atomic E-state index is 0.0508. The van der Waals surface area contributed by atoms with Crippen molar-refractivity contribution in [3.63, 3.8) is 0 Å². The van der Waals surface area contributed by atoms with Crippen LogP contribution in [0.1, 0.15) is 5.56 Å². The van der Waals surface area contributed by atoms with Gasteiger partial charge in [-0.25, -0.2) is 18.1 Å². The number of aliphatic hydroxyl groups is 1. The van der Waals surface area contributed by atoms with Crippen molar-refractivity contribution in [1.82, 2.24) is 14.3 Å². The number of sulfonamides is 1. The van der Waals surface area contributed by atoms with Gasteiger partial charge in [-0.05, 0) is 24.1 Å². The van der Waals surface area contributed by atoms with Crippen molar-refractivity contribution in [2.24, 2.45) is 0 Å². The summed E-state index contributed by atoms with van der Waals surface area (Å²) in [5.74, 6) is 0. The maximum atomic E-state index is 12.0. The minimum Gasteiger partial charge on any atom is -0.396 e. The summed E-state index contributed by atoms with van der Waals surface area (Å²) in [4.78, 5) is 4.11. The van der Waals surface area contributed by atoms with Gasteiger partial charge in [0.1, 0.15) is 0 Å². The van der Waals surface area contributed by atoms with Crippen molar-refractivity contribution in [1.29, 1.82) is 0 Å². The van der Waals surface area contributed by atoms with E-state index in [4.69, 9.17) is 5.11 Å². The second kappa shape index (κ2) is 6.65. The predicted molar refractivity (Wildman–Crippen MR) is 74.6 cm³/mol. The first-order valence-corrected chi connectivity index (χ1v) is 7.75. The van der Waals surface area contributed by atoms with Crippen molar-refractivity contribution in [2.75, 3.05) is 13.2 Å². The van der Waals surface area contributed by atoms with Crippen LogP contribution in [-0.4, -0.2) is 36.2 Å². The summed E-state index contributed by atoms with van der Waals surface area (Å²) >= 11 is 0. The van der Waals surface area contributed by atoms with Crippen LogP contribution in [0.15, 0.2) is 47.9 Å². The Bertz CT molecular complexity index is 621. The zero-order valence-corrected chi connectivity index (χ0v) is 11.8. The van der Waals surface area contributed by atoms with Gasteiger partial charge >= 0.3 is 0 Å². The van der Waals surface area contributed by atoms with Gasteiger partial charge in [-0.15, -0.1) is 0 Å². The third kappa shape index (κ3) is 3.89. The Morgan fingerprint density at radius 2 is 2.00 bits per heavy atom. The van der Waals surface area contributed by atoms with E-state index < -0.39 is 10.0 Å². The fraction of sp³-hybridized carbons (Fsp3) is 0.308. The zero-order chi connectivity index (χ0) is 14.4. The maximum Gasteiger partial charge on any atom is 0.240 e. The summed E-state index contributed by atoms with van der Waals surface area (Å²) in [6, 6.07) is 6.51. The van der Waals surface area contributed by atoms with Crippen LogP contribution >= 0.6 is 0 Å². The molecular weight excluding hydrogens is 278 g/mol. The highest BCUT2D eigenvalue weighted by Gasteiger charge is 2.12. The Morgan fingerprint density at radius 3 is 2.60 bits per heavy atom. The highest BCUT2D eigenvalue weighted by Crippen LogP contribution is 2.10. The van der Waals surface area contributed by atoms with E-state index in [2.05, 4.69) is 9.71 Å². The fourth-order valence-electron chi connectivity index (χ4n) is 1.78. The van der Waals surface area contributed by atoms with Gasteiger partial charge in [0.05, 0.1) is 11.2 Å². The third-order valence-corrected chi connectivity index (χ3v) is 4.33. The molecule has 0 unspecified atom stereocenters. The summed E-state index contributed by atoms with van der Waals surface area (Å²) in [5, 5.41) is 8.82. The molecule has 2 aromatic rings. The maximum absolute atomic E-state index is 12.0. The van der Waals surface area contributed by atoms with Gasteiger partial charge in [-0.2, -0.15) is 0 Å². The molecule has 7 heteroatoms. The average molecular weight is 295 g/mol. The van der Waals surface area contributed by atoms with Crippen molar-refractivity contribution < 1.29 is 13.5 Å². The Balaban J connectivity index is 1.95. The molecule has 2 rings (SSSR count). The van der Waals surface area contributed by atoms with Crippen LogP contribution in [0.3, 0.4) is 0 Å². The van der Waals surface area contributed by atoms with Gasteiger partial charge in [0, 0.05) is 32.1 Å². The molecule has 20 heavy (non-hydrogen) atoms. The number of imidazole rings is 1. The van der Waals surface area contributed by atoms with Gasteiger partial charge in [-0.3, -0.25) is 0 Å². The molecule has 0 radical (unpaired) electrons. The molecule has 0 amide bonds. The number of rotatable bonds is 7. The van der Waals surface area contributed by atoms with E-state index >= 15 is 0 Å². The molecule has 0 bridgehead atoms. The summed E-state index contributed by atoms with van der Waals surface area (Å²) in [6.45, 7) is 0.883. The van der Waals surface area contributed by atoms with E-state index in [1.54, 1.807) is 47.6 Å². The van der Waals surface area contributed by atoms with Crippen LogP contribution in [0.4, 0.5) is 0 Å². The molecule has 0 saturated heterocycles. The predicted octanol–water partition coefficient (Wildman–Crippen LogP) is 0.396. The van der Waals surface area contributed by atoms with Crippen molar-refractivity contribution >= 4 is 10.0 Å². The summed E-state index contributed by atoms with van der Waals surface area (Å²) in [6.07, 6.45) is 5.58. The van der Waals surface area contributed by atoms with Gasteiger partial charge in [0.15, 0.2) is 0 Å². The first-order chi connectivity index (χ1) is 9.62. The first kappa shape index (κ1) is 14.7. The Hall–Kier alpha value is -1.70.